The van der Waals surface area contributed by atoms with Gasteiger partial charge in [0.2, 0.25) is 0 Å². The third-order valence-corrected chi connectivity index (χ3v) is 6.05. The summed E-state index contributed by atoms with van der Waals surface area (Å²) in [7, 11) is 0. The second kappa shape index (κ2) is 7.13. The molecule has 6 rings (SSSR count). The van der Waals surface area contributed by atoms with E-state index in [9.17, 15) is 4.79 Å². The average Bonchev–Trinajstić information content (AvgIpc) is 3.40. The number of aromatic nitrogens is 5. The summed E-state index contributed by atoms with van der Waals surface area (Å²) in [6, 6.07) is 9.99. The van der Waals surface area contributed by atoms with E-state index in [2.05, 4.69) is 21.1 Å². The molecule has 4 aromatic heterocycles. The number of fused-ring (bicyclic) bond motifs is 3. The van der Waals surface area contributed by atoms with Crippen LogP contribution in [0.5, 0.6) is 0 Å². The number of hydrogen-bond acceptors (Lipinski definition) is 8. The summed E-state index contributed by atoms with van der Waals surface area (Å²) in [6.07, 6.45) is 4.20. The molecule has 0 atom stereocenters. The molecule has 1 aliphatic heterocycles. The smallest absolute Gasteiger partial charge is 0.191 e. The molecule has 0 aliphatic carbocycles. The van der Waals surface area contributed by atoms with Gasteiger partial charge in [0.1, 0.15) is 28.7 Å². The van der Waals surface area contributed by atoms with E-state index in [0.717, 1.165) is 33.5 Å². The minimum Gasteiger partial charge on any atom is -0.446 e. The zero-order chi connectivity index (χ0) is 22.7. The third kappa shape index (κ3) is 3.04. The van der Waals surface area contributed by atoms with Crippen LogP contribution in [-0.4, -0.2) is 36.9 Å². The molecule has 5 aromatic rings. The average molecular weight is 439 g/mol. The first-order chi connectivity index (χ1) is 16.0. The van der Waals surface area contributed by atoms with Crippen molar-refractivity contribution in [3.05, 3.63) is 65.6 Å². The fourth-order valence-electron chi connectivity index (χ4n) is 4.50. The predicted octanol–water partition coefficient (Wildman–Crippen LogP) is 3.59. The SMILES string of the molecule is CC(=O)c1c(N2CCc3oc(C)nc3C2)nc2c(-c3cnc4ccccc4c3)cnn2c1N. The Bertz CT molecular complexity index is 1570. The molecule has 0 amide bonds. The fourth-order valence-corrected chi connectivity index (χ4v) is 4.50. The molecular formula is C24H21N7O2. The van der Waals surface area contributed by atoms with Crippen molar-refractivity contribution in [1.29, 1.82) is 0 Å². The highest BCUT2D eigenvalue weighted by Crippen LogP contribution is 2.34. The minimum atomic E-state index is -0.163. The van der Waals surface area contributed by atoms with Crippen LogP contribution in [0.3, 0.4) is 0 Å². The maximum atomic E-state index is 12.6. The molecule has 33 heavy (non-hydrogen) atoms. The minimum absolute atomic E-state index is 0.163. The zero-order valence-electron chi connectivity index (χ0n) is 18.2. The molecule has 164 valence electrons. The molecule has 0 spiro atoms. The number of pyridine rings is 1. The zero-order valence-corrected chi connectivity index (χ0v) is 18.2. The van der Waals surface area contributed by atoms with Crippen LogP contribution in [-0.2, 0) is 13.0 Å². The number of benzene rings is 1. The molecule has 9 nitrogen and oxygen atoms in total. The summed E-state index contributed by atoms with van der Waals surface area (Å²) in [5, 5.41) is 5.47. The number of Topliss-reactive ketones (excluding diaryl/α,β-unsaturated/α-hetero) is 1. The summed E-state index contributed by atoms with van der Waals surface area (Å²) in [5.41, 5.74) is 10.9. The molecule has 0 unspecified atom stereocenters. The first-order valence-electron chi connectivity index (χ1n) is 10.7. The van der Waals surface area contributed by atoms with E-state index in [4.69, 9.17) is 15.1 Å². The Morgan fingerprint density at radius 2 is 2.03 bits per heavy atom. The first-order valence-corrected chi connectivity index (χ1v) is 10.7. The number of carbonyl (C=O) groups is 1. The van der Waals surface area contributed by atoms with Gasteiger partial charge in [-0.3, -0.25) is 9.78 Å². The van der Waals surface area contributed by atoms with Crippen molar-refractivity contribution < 1.29 is 9.21 Å². The van der Waals surface area contributed by atoms with E-state index in [1.54, 1.807) is 12.4 Å². The number of para-hydroxylation sites is 1. The van der Waals surface area contributed by atoms with Gasteiger partial charge in [-0.2, -0.15) is 9.61 Å². The van der Waals surface area contributed by atoms with Crippen molar-refractivity contribution in [2.24, 2.45) is 0 Å². The highest BCUT2D eigenvalue weighted by Gasteiger charge is 2.28. The number of rotatable bonds is 3. The van der Waals surface area contributed by atoms with E-state index >= 15 is 0 Å². The van der Waals surface area contributed by atoms with E-state index in [0.29, 0.717) is 42.4 Å². The molecule has 0 saturated heterocycles. The summed E-state index contributed by atoms with van der Waals surface area (Å²) in [5.74, 6) is 2.16. The lowest BCUT2D eigenvalue weighted by Gasteiger charge is -2.28. The van der Waals surface area contributed by atoms with Crippen LogP contribution in [0.1, 0.15) is 34.6 Å². The van der Waals surface area contributed by atoms with Gasteiger partial charge in [0.05, 0.1) is 18.3 Å². The van der Waals surface area contributed by atoms with Gasteiger partial charge < -0.3 is 15.1 Å². The van der Waals surface area contributed by atoms with Crippen molar-refractivity contribution in [3.8, 4) is 11.1 Å². The van der Waals surface area contributed by atoms with Crippen molar-refractivity contribution in [2.45, 2.75) is 26.8 Å². The lowest BCUT2D eigenvalue weighted by molar-refractivity contribution is 0.101. The molecule has 1 aliphatic rings. The second-order valence-electron chi connectivity index (χ2n) is 8.24. The van der Waals surface area contributed by atoms with E-state index in [1.165, 1.54) is 11.4 Å². The standard InChI is InChI=1S/C24H21N7O2/c1-13(32)21-22(25)31-23(29-24(21)30-8-7-20-19(12-30)28-14(2)33-20)17(11-27-31)16-9-15-5-3-4-6-18(15)26-10-16/h3-6,9-11H,7-8,12,25H2,1-2H3. The van der Waals surface area contributed by atoms with Crippen LogP contribution in [0.4, 0.5) is 11.6 Å². The van der Waals surface area contributed by atoms with Crippen LogP contribution in [0.25, 0.3) is 27.7 Å². The van der Waals surface area contributed by atoms with Crippen molar-refractivity contribution in [3.63, 3.8) is 0 Å². The van der Waals surface area contributed by atoms with Gasteiger partial charge >= 0.3 is 0 Å². The summed E-state index contributed by atoms with van der Waals surface area (Å²) >= 11 is 0. The van der Waals surface area contributed by atoms with Crippen LogP contribution in [0.2, 0.25) is 0 Å². The number of anilines is 2. The number of oxazole rings is 1. The Morgan fingerprint density at radius 1 is 1.18 bits per heavy atom. The Hall–Kier alpha value is -4.27. The van der Waals surface area contributed by atoms with Gasteiger partial charge in [-0.25, -0.2) is 9.97 Å². The number of carbonyl (C=O) groups excluding carboxylic acids is 1. The quantitative estimate of drug-likeness (QED) is 0.424. The summed E-state index contributed by atoms with van der Waals surface area (Å²) in [6.45, 7) is 4.47. The van der Waals surface area contributed by atoms with Gasteiger partial charge in [-0.05, 0) is 19.1 Å². The number of hydrogen-bond donors (Lipinski definition) is 1. The molecule has 0 radical (unpaired) electrons. The highest BCUT2D eigenvalue weighted by molar-refractivity contribution is 6.04. The van der Waals surface area contributed by atoms with E-state index < -0.39 is 0 Å². The molecular weight excluding hydrogens is 418 g/mol. The number of nitrogens with zero attached hydrogens (tertiary/aromatic N) is 6. The Morgan fingerprint density at radius 3 is 2.88 bits per heavy atom. The number of nitrogen functional groups attached to an aromatic ring is 1. The number of nitrogens with two attached hydrogens (primary N) is 1. The van der Waals surface area contributed by atoms with Crippen LogP contribution < -0.4 is 10.6 Å². The molecule has 9 heteroatoms. The Balaban J connectivity index is 1.53. The Labute approximate surface area is 188 Å². The van der Waals surface area contributed by atoms with Crippen LogP contribution in [0, 0.1) is 6.92 Å². The van der Waals surface area contributed by atoms with Gasteiger partial charge in [-0.1, -0.05) is 18.2 Å². The fraction of sp³-hybridized carbons (Fsp3) is 0.208. The van der Waals surface area contributed by atoms with Gasteiger partial charge in [-0.15, -0.1) is 0 Å². The van der Waals surface area contributed by atoms with E-state index in [-0.39, 0.29) is 11.6 Å². The largest absolute Gasteiger partial charge is 0.446 e. The molecule has 0 bridgehead atoms. The van der Waals surface area contributed by atoms with Crippen LogP contribution >= 0.6 is 0 Å². The summed E-state index contributed by atoms with van der Waals surface area (Å²) < 4.78 is 7.22. The van der Waals surface area contributed by atoms with E-state index in [1.807, 2.05) is 36.1 Å². The number of ketones is 1. The molecule has 5 heterocycles. The van der Waals surface area contributed by atoms with Gasteiger partial charge in [0.25, 0.3) is 0 Å². The first kappa shape index (κ1) is 19.4. The monoisotopic (exact) mass is 439 g/mol. The molecule has 1 aromatic carbocycles. The maximum Gasteiger partial charge on any atom is 0.191 e. The van der Waals surface area contributed by atoms with Crippen molar-refractivity contribution >= 4 is 34.0 Å². The van der Waals surface area contributed by atoms with Crippen molar-refractivity contribution in [2.75, 3.05) is 17.2 Å². The summed E-state index contributed by atoms with van der Waals surface area (Å²) in [4.78, 5) is 28.6. The highest BCUT2D eigenvalue weighted by atomic mass is 16.4. The van der Waals surface area contributed by atoms with Crippen LogP contribution in [0.15, 0.2) is 47.1 Å². The van der Waals surface area contributed by atoms with Crippen molar-refractivity contribution in [1.82, 2.24) is 24.6 Å². The third-order valence-electron chi connectivity index (χ3n) is 6.05. The molecule has 0 saturated carbocycles. The predicted molar refractivity (Wildman–Crippen MR) is 124 cm³/mol. The lowest BCUT2D eigenvalue weighted by atomic mass is 10.1. The molecule has 0 fully saturated rings. The second-order valence-corrected chi connectivity index (χ2v) is 8.24. The Kier molecular flexibility index (Phi) is 4.19. The van der Waals surface area contributed by atoms with Gasteiger partial charge in [0, 0.05) is 42.6 Å². The van der Waals surface area contributed by atoms with Gasteiger partial charge in [0.15, 0.2) is 17.3 Å². The topological polar surface area (TPSA) is 115 Å². The maximum absolute atomic E-state index is 12.6. The normalized spacial score (nSPS) is 13.6. The lowest BCUT2D eigenvalue weighted by Crippen LogP contribution is -2.32. The number of aryl methyl sites for hydroxylation is 1. The molecule has 2 N–H and O–H groups in total.